The van der Waals surface area contributed by atoms with Crippen molar-refractivity contribution in [1.29, 1.82) is 0 Å². The first-order valence-corrected chi connectivity index (χ1v) is 10.4. The number of rotatable bonds is 6. The van der Waals surface area contributed by atoms with Gasteiger partial charge in [-0.05, 0) is 30.3 Å². The summed E-state index contributed by atoms with van der Waals surface area (Å²) in [4.78, 5) is 29.2. The molecule has 162 valence electrons. The van der Waals surface area contributed by atoms with Crippen LogP contribution in [0.4, 0.5) is 21.3 Å². The van der Waals surface area contributed by atoms with Gasteiger partial charge in [-0.1, -0.05) is 29.5 Å². The summed E-state index contributed by atoms with van der Waals surface area (Å²) < 4.78 is 11.3. The number of carbonyl (C=O) groups is 2. The van der Waals surface area contributed by atoms with E-state index >= 15 is 0 Å². The summed E-state index contributed by atoms with van der Waals surface area (Å²) in [5.41, 5.74) is 2.31. The number of thiazole rings is 1. The van der Waals surface area contributed by atoms with Crippen molar-refractivity contribution in [3.8, 4) is 11.5 Å². The molecule has 0 spiro atoms. The Labute approximate surface area is 188 Å². The van der Waals surface area contributed by atoms with E-state index in [1.54, 1.807) is 54.6 Å². The minimum Gasteiger partial charge on any atom is -0.497 e. The molecule has 0 radical (unpaired) electrons. The SMILES string of the molecule is COc1cc(NC(=O)Nc2ccc3sc(NC(=O)c4ccccc4)nc3c2)cc(OC)c1. The second-order valence-electron chi connectivity index (χ2n) is 6.70. The van der Waals surface area contributed by atoms with E-state index in [0.717, 1.165) is 4.70 Å². The number of aromatic nitrogens is 1. The summed E-state index contributed by atoms with van der Waals surface area (Å²) in [7, 11) is 3.08. The van der Waals surface area contributed by atoms with Crippen LogP contribution in [0.5, 0.6) is 11.5 Å². The predicted octanol–water partition coefficient (Wildman–Crippen LogP) is 5.21. The van der Waals surface area contributed by atoms with Crippen molar-refractivity contribution in [2.24, 2.45) is 0 Å². The summed E-state index contributed by atoms with van der Waals surface area (Å²) >= 11 is 1.36. The van der Waals surface area contributed by atoms with Crippen LogP contribution >= 0.6 is 11.3 Å². The molecule has 1 aromatic heterocycles. The minimum absolute atomic E-state index is 0.226. The summed E-state index contributed by atoms with van der Waals surface area (Å²) in [6.07, 6.45) is 0. The smallest absolute Gasteiger partial charge is 0.323 e. The van der Waals surface area contributed by atoms with Crippen molar-refractivity contribution in [2.75, 3.05) is 30.2 Å². The molecule has 0 aliphatic carbocycles. The molecule has 0 unspecified atom stereocenters. The summed E-state index contributed by atoms with van der Waals surface area (Å²) in [6, 6.07) is 19.0. The lowest BCUT2D eigenvalue weighted by Crippen LogP contribution is -2.19. The first-order valence-electron chi connectivity index (χ1n) is 9.62. The lowest BCUT2D eigenvalue weighted by molar-refractivity contribution is 0.102. The van der Waals surface area contributed by atoms with Gasteiger partial charge in [-0.2, -0.15) is 0 Å². The molecule has 3 aromatic carbocycles. The van der Waals surface area contributed by atoms with Gasteiger partial charge in [0.05, 0.1) is 24.4 Å². The van der Waals surface area contributed by atoms with Gasteiger partial charge in [-0.3, -0.25) is 10.1 Å². The highest BCUT2D eigenvalue weighted by Gasteiger charge is 2.11. The van der Waals surface area contributed by atoms with Crippen molar-refractivity contribution in [3.05, 3.63) is 72.3 Å². The highest BCUT2D eigenvalue weighted by Crippen LogP contribution is 2.29. The van der Waals surface area contributed by atoms with Crippen molar-refractivity contribution in [1.82, 2.24) is 4.98 Å². The van der Waals surface area contributed by atoms with Gasteiger partial charge in [0.1, 0.15) is 11.5 Å². The molecule has 0 fully saturated rings. The number of methoxy groups -OCH3 is 2. The van der Waals surface area contributed by atoms with Gasteiger partial charge in [-0.25, -0.2) is 9.78 Å². The number of amides is 3. The normalized spacial score (nSPS) is 10.4. The summed E-state index contributed by atoms with van der Waals surface area (Å²) in [6.45, 7) is 0. The van der Waals surface area contributed by atoms with Crippen LogP contribution in [0.2, 0.25) is 0 Å². The van der Waals surface area contributed by atoms with E-state index in [9.17, 15) is 9.59 Å². The molecule has 0 saturated carbocycles. The monoisotopic (exact) mass is 448 g/mol. The minimum atomic E-state index is -0.424. The Morgan fingerprint density at radius 3 is 2.19 bits per heavy atom. The maximum atomic E-state index is 12.4. The molecule has 0 bridgehead atoms. The van der Waals surface area contributed by atoms with Crippen molar-refractivity contribution < 1.29 is 19.1 Å². The fourth-order valence-electron chi connectivity index (χ4n) is 2.99. The maximum absolute atomic E-state index is 12.4. The Hall–Kier alpha value is -4.11. The number of nitrogens with zero attached hydrogens (tertiary/aromatic N) is 1. The zero-order chi connectivity index (χ0) is 22.5. The van der Waals surface area contributed by atoms with Crippen LogP contribution in [-0.2, 0) is 0 Å². The van der Waals surface area contributed by atoms with E-state index in [2.05, 4.69) is 20.9 Å². The van der Waals surface area contributed by atoms with Crippen LogP contribution in [0.1, 0.15) is 10.4 Å². The van der Waals surface area contributed by atoms with Gasteiger partial charge in [-0.15, -0.1) is 0 Å². The van der Waals surface area contributed by atoms with E-state index in [4.69, 9.17) is 9.47 Å². The van der Waals surface area contributed by atoms with Crippen LogP contribution in [0.15, 0.2) is 66.7 Å². The topological polar surface area (TPSA) is 102 Å². The number of urea groups is 1. The third-order valence-corrected chi connectivity index (χ3v) is 5.46. The van der Waals surface area contributed by atoms with E-state index in [1.807, 2.05) is 12.1 Å². The number of carbonyl (C=O) groups excluding carboxylic acids is 2. The van der Waals surface area contributed by atoms with Crippen LogP contribution < -0.4 is 25.4 Å². The second-order valence-corrected chi connectivity index (χ2v) is 7.73. The van der Waals surface area contributed by atoms with Crippen molar-refractivity contribution in [2.45, 2.75) is 0 Å². The number of nitrogens with one attached hydrogen (secondary N) is 3. The molecule has 8 nitrogen and oxygen atoms in total. The zero-order valence-electron chi connectivity index (χ0n) is 17.3. The van der Waals surface area contributed by atoms with Crippen LogP contribution in [0.25, 0.3) is 10.2 Å². The maximum Gasteiger partial charge on any atom is 0.323 e. The van der Waals surface area contributed by atoms with Crippen molar-refractivity contribution in [3.63, 3.8) is 0 Å². The molecular formula is C23H20N4O4S. The lowest BCUT2D eigenvalue weighted by Gasteiger charge is -2.11. The van der Waals surface area contributed by atoms with Gasteiger partial charge in [0.25, 0.3) is 5.91 Å². The Balaban J connectivity index is 1.45. The fourth-order valence-corrected chi connectivity index (χ4v) is 3.83. The molecule has 0 aliphatic heterocycles. The average Bonchev–Trinajstić information content (AvgIpc) is 3.20. The highest BCUT2D eigenvalue weighted by atomic mass is 32.1. The van der Waals surface area contributed by atoms with E-state index < -0.39 is 6.03 Å². The van der Waals surface area contributed by atoms with Gasteiger partial charge in [0, 0.05) is 35.1 Å². The molecule has 0 aliphatic rings. The van der Waals surface area contributed by atoms with E-state index in [0.29, 0.717) is 39.1 Å². The predicted molar refractivity (Wildman–Crippen MR) is 126 cm³/mol. The Morgan fingerprint density at radius 2 is 1.50 bits per heavy atom. The number of anilines is 3. The number of ether oxygens (including phenoxy) is 2. The molecule has 3 N–H and O–H groups in total. The highest BCUT2D eigenvalue weighted by molar-refractivity contribution is 7.22. The van der Waals surface area contributed by atoms with Crippen LogP contribution in [0.3, 0.4) is 0 Å². The van der Waals surface area contributed by atoms with Gasteiger partial charge < -0.3 is 20.1 Å². The Bertz CT molecular complexity index is 1250. The van der Waals surface area contributed by atoms with Crippen molar-refractivity contribution >= 4 is 50.0 Å². The summed E-state index contributed by atoms with van der Waals surface area (Å²) in [5.74, 6) is 0.901. The molecule has 32 heavy (non-hydrogen) atoms. The Morgan fingerprint density at radius 1 is 0.812 bits per heavy atom. The number of benzene rings is 3. The number of hydrogen-bond donors (Lipinski definition) is 3. The average molecular weight is 449 g/mol. The third-order valence-electron chi connectivity index (χ3n) is 4.51. The van der Waals surface area contributed by atoms with E-state index in [-0.39, 0.29) is 5.91 Å². The first-order chi connectivity index (χ1) is 15.5. The summed E-state index contributed by atoms with van der Waals surface area (Å²) in [5, 5.41) is 8.82. The lowest BCUT2D eigenvalue weighted by atomic mass is 10.2. The molecule has 4 rings (SSSR count). The van der Waals surface area contributed by atoms with Gasteiger partial charge in [0.15, 0.2) is 5.13 Å². The van der Waals surface area contributed by atoms with Crippen LogP contribution in [-0.4, -0.2) is 31.1 Å². The fraction of sp³-hybridized carbons (Fsp3) is 0.0870. The quantitative estimate of drug-likeness (QED) is 0.376. The molecule has 3 amide bonds. The molecule has 0 atom stereocenters. The molecule has 0 saturated heterocycles. The van der Waals surface area contributed by atoms with Gasteiger partial charge in [0.2, 0.25) is 0 Å². The van der Waals surface area contributed by atoms with Gasteiger partial charge >= 0.3 is 6.03 Å². The standard InChI is InChI=1S/C23H20N4O4S/c1-30-17-10-16(11-18(13-17)31-2)25-22(29)24-15-8-9-20-19(12-15)26-23(32-20)27-21(28)14-6-4-3-5-7-14/h3-13H,1-2H3,(H2,24,25,29)(H,26,27,28). The molecular weight excluding hydrogens is 428 g/mol. The number of fused-ring (bicyclic) bond motifs is 1. The largest absolute Gasteiger partial charge is 0.497 e. The zero-order valence-corrected chi connectivity index (χ0v) is 18.2. The Kier molecular flexibility index (Phi) is 6.18. The molecule has 9 heteroatoms. The molecule has 1 heterocycles. The molecule has 4 aromatic rings. The third kappa shape index (κ3) is 4.96. The number of hydrogen-bond acceptors (Lipinski definition) is 6. The first kappa shape index (κ1) is 21.1. The second kappa shape index (κ2) is 9.36. The van der Waals surface area contributed by atoms with Crippen LogP contribution in [0, 0.1) is 0 Å². The van der Waals surface area contributed by atoms with E-state index in [1.165, 1.54) is 25.6 Å².